The Morgan fingerprint density at radius 2 is 1.35 bits per heavy atom. The number of hydrogen-bond acceptors (Lipinski definition) is 6. The van der Waals surface area contributed by atoms with Crippen LogP contribution >= 0.6 is 0 Å². The van der Waals surface area contributed by atoms with E-state index in [1.165, 1.54) is 0 Å². The second-order valence-corrected chi connectivity index (χ2v) is 6.32. The Kier molecular flexibility index (Phi) is 3.02. The number of ether oxygens (including phenoxy) is 4. The second kappa shape index (κ2) is 4.30. The Labute approximate surface area is 116 Å². The average molecular weight is 285 g/mol. The quantitative estimate of drug-likeness (QED) is 0.441. The molecule has 0 spiro atoms. The number of azide groups is 1. The normalized spacial score (nSPS) is 48.2. The lowest BCUT2D eigenvalue weighted by Crippen LogP contribution is -2.60. The van der Waals surface area contributed by atoms with Gasteiger partial charge in [0.15, 0.2) is 11.6 Å². The summed E-state index contributed by atoms with van der Waals surface area (Å²) >= 11 is 0. The summed E-state index contributed by atoms with van der Waals surface area (Å²) in [6.45, 7) is 7.11. The van der Waals surface area contributed by atoms with Gasteiger partial charge < -0.3 is 24.1 Å². The van der Waals surface area contributed by atoms with Gasteiger partial charge in [-0.3, -0.25) is 0 Å². The number of rotatable bonds is 1. The smallest absolute Gasteiger partial charge is 0.164 e. The van der Waals surface area contributed by atoms with Crippen LogP contribution in [-0.2, 0) is 18.9 Å². The molecule has 0 aromatic carbocycles. The highest BCUT2D eigenvalue weighted by Gasteiger charge is 2.63. The van der Waals surface area contributed by atoms with Crippen LogP contribution in [0.2, 0.25) is 0 Å². The van der Waals surface area contributed by atoms with Crippen molar-refractivity contribution < 1.29 is 24.1 Å². The molecule has 2 heterocycles. The van der Waals surface area contributed by atoms with Crippen LogP contribution in [0.3, 0.4) is 0 Å². The van der Waals surface area contributed by atoms with Crippen LogP contribution in [0, 0.1) is 0 Å². The molecular weight excluding hydrogens is 266 g/mol. The molecule has 2 aliphatic heterocycles. The zero-order chi connectivity index (χ0) is 14.7. The first kappa shape index (κ1) is 14.1. The summed E-state index contributed by atoms with van der Waals surface area (Å²) < 4.78 is 23.2. The lowest BCUT2D eigenvalue weighted by atomic mass is 9.84. The lowest BCUT2D eigenvalue weighted by Gasteiger charge is -2.38. The molecule has 20 heavy (non-hydrogen) atoms. The maximum Gasteiger partial charge on any atom is 0.164 e. The van der Waals surface area contributed by atoms with E-state index in [4.69, 9.17) is 24.5 Å². The summed E-state index contributed by atoms with van der Waals surface area (Å²) in [4.78, 5) is 2.80. The number of aliphatic hydroxyl groups excluding tert-OH is 1. The fraction of sp³-hybridized carbons (Fsp3) is 1.00. The van der Waals surface area contributed by atoms with E-state index in [0.29, 0.717) is 0 Å². The van der Waals surface area contributed by atoms with Crippen LogP contribution < -0.4 is 0 Å². The van der Waals surface area contributed by atoms with E-state index in [2.05, 4.69) is 10.0 Å². The number of nitrogens with zero attached hydrogens (tertiary/aromatic N) is 3. The van der Waals surface area contributed by atoms with Gasteiger partial charge in [0.2, 0.25) is 0 Å². The van der Waals surface area contributed by atoms with Crippen molar-refractivity contribution in [2.75, 3.05) is 0 Å². The first-order chi connectivity index (χ1) is 9.24. The molecule has 112 valence electrons. The predicted molar refractivity (Wildman–Crippen MR) is 66.6 cm³/mol. The van der Waals surface area contributed by atoms with E-state index in [0.717, 1.165) is 0 Å². The molecule has 3 aliphatic rings. The van der Waals surface area contributed by atoms with Crippen molar-refractivity contribution in [1.82, 2.24) is 0 Å². The summed E-state index contributed by atoms with van der Waals surface area (Å²) in [5.41, 5.74) is 8.71. The van der Waals surface area contributed by atoms with E-state index in [1.54, 1.807) is 27.7 Å². The Morgan fingerprint density at radius 1 is 0.900 bits per heavy atom. The van der Waals surface area contributed by atoms with Gasteiger partial charge in [-0.25, -0.2) is 0 Å². The molecule has 3 rings (SSSR count). The van der Waals surface area contributed by atoms with Crippen molar-refractivity contribution in [3.8, 4) is 0 Å². The van der Waals surface area contributed by atoms with Gasteiger partial charge in [0.05, 0.1) is 12.1 Å². The Hall–Kier alpha value is -0.890. The minimum atomic E-state index is -0.989. The van der Waals surface area contributed by atoms with Gasteiger partial charge in [-0.2, -0.15) is 0 Å². The first-order valence-corrected chi connectivity index (χ1v) is 6.68. The minimum absolute atomic E-state index is 0.435. The molecule has 0 aromatic rings. The van der Waals surface area contributed by atoms with E-state index < -0.39 is 48.1 Å². The van der Waals surface area contributed by atoms with Gasteiger partial charge in [-0.05, 0) is 33.2 Å². The van der Waals surface area contributed by atoms with Gasteiger partial charge in [0.25, 0.3) is 0 Å². The summed E-state index contributed by atoms with van der Waals surface area (Å²) in [5.74, 6) is -1.63. The van der Waals surface area contributed by atoms with Crippen LogP contribution in [0.5, 0.6) is 0 Å². The Morgan fingerprint density at radius 3 is 1.90 bits per heavy atom. The average Bonchev–Trinajstić information content (AvgIpc) is 2.81. The summed E-state index contributed by atoms with van der Waals surface area (Å²) in [5, 5.41) is 14.1. The van der Waals surface area contributed by atoms with Gasteiger partial charge in [-0.15, -0.1) is 0 Å². The zero-order valence-corrected chi connectivity index (χ0v) is 11.9. The van der Waals surface area contributed by atoms with E-state index in [1.807, 2.05) is 0 Å². The molecule has 0 unspecified atom stereocenters. The summed E-state index contributed by atoms with van der Waals surface area (Å²) in [7, 11) is 0. The minimum Gasteiger partial charge on any atom is -0.390 e. The molecule has 8 heteroatoms. The van der Waals surface area contributed by atoms with Crippen molar-refractivity contribution in [2.24, 2.45) is 5.11 Å². The van der Waals surface area contributed by atoms with Crippen molar-refractivity contribution in [3.05, 3.63) is 10.4 Å². The lowest BCUT2D eigenvalue weighted by molar-refractivity contribution is -0.177. The fourth-order valence-electron chi connectivity index (χ4n) is 3.25. The second-order valence-electron chi connectivity index (χ2n) is 6.32. The number of fused-ring (bicyclic) bond motifs is 3. The molecule has 1 aliphatic carbocycles. The van der Waals surface area contributed by atoms with E-state index in [-0.39, 0.29) is 0 Å². The topological polar surface area (TPSA) is 106 Å². The Balaban J connectivity index is 1.97. The van der Waals surface area contributed by atoms with Gasteiger partial charge in [0, 0.05) is 4.91 Å². The van der Waals surface area contributed by atoms with Gasteiger partial charge in [0.1, 0.15) is 24.4 Å². The SMILES string of the molecule is CC1(C)O[C@H]2[C@@H]3OC(C)(C)O[C@H]3[C@H](O)[C@@H](N=[N+]=[N-])[C@H]2O1. The molecule has 0 aromatic heterocycles. The number of aliphatic hydroxyl groups is 1. The predicted octanol–water partition coefficient (Wildman–Crippen LogP) is 1.08. The third-order valence-corrected chi connectivity index (χ3v) is 3.86. The zero-order valence-electron chi connectivity index (χ0n) is 11.9. The molecule has 0 amide bonds. The molecule has 1 saturated carbocycles. The van der Waals surface area contributed by atoms with Crippen LogP contribution in [-0.4, -0.2) is 53.2 Å². The van der Waals surface area contributed by atoms with Gasteiger partial charge in [-0.1, -0.05) is 5.11 Å². The van der Waals surface area contributed by atoms with Crippen LogP contribution in [0.4, 0.5) is 0 Å². The van der Waals surface area contributed by atoms with E-state index in [9.17, 15) is 5.11 Å². The van der Waals surface area contributed by atoms with Crippen molar-refractivity contribution >= 4 is 0 Å². The van der Waals surface area contributed by atoms with E-state index >= 15 is 0 Å². The molecule has 1 N–H and O–H groups in total. The Bertz CT molecular complexity index is 462. The van der Waals surface area contributed by atoms with Crippen molar-refractivity contribution in [3.63, 3.8) is 0 Å². The van der Waals surface area contributed by atoms with Crippen LogP contribution in [0.25, 0.3) is 10.4 Å². The third-order valence-electron chi connectivity index (χ3n) is 3.86. The maximum atomic E-state index is 10.4. The summed E-state index contributed by atoms with van der Waals surface area (Å²) in [6, 6.07) is -0.759. The highest BCUT2D eigenvalue weighted by molar-refractivity contribution is 5.10. The monoisotopic (exact) mass is 285 g/mol. The number of hydrogen-bond donors (Lipinski definition) is 1. The third kappa shape index (κ3) is 2.09. The van der Waals surface area contributed by atoms with Crippen molar-refractivity contribution in [1.29, 1.82) is 0 Å². The highest BCUT2D eigenvalue weighted by Crippen LogP contribution is 2.45. The largest absolute Gasteiger partial charge is 0.390 e. The maximum absolute atomic E-state index is 10.4. The fourth-order valence-corrected chi connectivity index (χ4v) is 3.25. The van der Waals surface area contributed by atoms with Gasteiger partial charge >= 0.3 is 0 Å². The molecule has 0 bridgehead atoms. The molecule has 0 radical (unpaired) electrons. The molecule has 6 atom stereocenters. The molecule has 3 fully saturated rings. The molecule has 8 nitrogen and oxygen atoms in total. The highest BCUT2D eigenvalue weighted by atomic mass is 16.8. The van der Waals surface area contributed by atoms with Crippen LogP contribution in [0.15, 0.2) is 5.11 Å². The summed E-state index contributed by atoms with van der Waals surface area (Å²) in [6.07, 6.45) is -3.02. The standard InChI is InChI=1S/C12H19N3O5/c1-11(2)17-7-5(14-15-13)6(16)8-10(9(7)19-11)20-12(3,4)18-8/h5-10,16H,1-4H3/t5-,6-,7-,8+,9-,10-/m1/s1. The molecule has 2 saturated heterocycles. The van der Waals surface area contributed by atoms with Crippen LogP contribution in [0.1, 0.15) is 27.7 Å². The first-order valence-electron chi connectivity index (χ1n) is 6.68. The van der Waals surface area contributed by atoms with Crippen molar-refractivity contribution in [2.45, 2.75) is 75.8 Å². The molecular formula is C12H19N3O5.